The summed E-state index contributed by atoms with van der Waals surface area (Å²) >= 11 is 0. The van der Waals surface area contributed by atoms with Crippen LogP contribution >= 0.6 is 0 Å². The third kappa shape index (κ3) is 4.18. The first-order valence-corrected chi connectivity index (χ1v) is 3.87. The molecule has 0 bridgehead atoms. The van der Waals surface area contributed by atoms with Crippen molar-refractivity contribution in [3.8, 4) is 0 Å². The zero-order valence-electron chi connectivity index (χ0n) is 9.00. The van der Waals surface area contributed by atoms with Crippen LogP contribution in [-0.4, -0.2) is 62.6 Å². The quantitative estimate of drug-likeness (QED) is 0.186. The molecule has 0 rings (SSSR count). The van der Waals surface area contributed by atoms with Gasteiger partial charge in [-0.25, -0.2) is 0 Å². The minimum atomic E-state index is 0.339. The number of hydrogen-bond acceptors (Lipinski definition) is 1. The average molecular weight is 172 g/mol. The molecule has 4 nitrogen and oxygen atoms in total. The molecule has 4 heteroatoms. The van der Waals surface area contributed by atoms with Crippen molar-refractivity contribution in [2.24, 2.45) is 5.10 Å². The molecule has 0 aliphatic heterocycles. The highest BCUT2D eigenvalue weighted by atomic mass is 15.6. The van der Waals surface area contributed by atoms with Gasteiger partial charge >= 0.3 is 0 Å². The molecular weight excluding hydrogens is 152 g/mol. The van der Waals surface area contributed by atoms with Gasteiger partial charge in [-0.3, -0.25) is 0 Å². The van der Waals surface area contributed by atoms with Gasteiger partial charge in [0.15, 0.2) is 0 Å². The Morgan fingerprint density at radius 2 is 1.42 bits per heavy atom. The fraction of sp³-hybridized carbons (Fsp3) is 0.750. The maximum Gasteiger partial charge on any atom is 0.251 e. The number of guanidine groups is 1. The maximum atomic E-state index is 4.40. The molecule has 0 fully saturated rings. The lowest BCUT2D eigenvalue weighted by Gasteiger charge is -2.30. The van der Waals surface area contributed by atoms with Crippen LogP contribution in [0.15, 0.2) is 5.10 Å². The van der Waals surface area contributed by atoms with Gasteiger partial charge in [-0.2, -0.15) is 0 Å². The summed E-state index contributed by atoms with van der Waals surface area (Å²) in [7, 11) is 15.6. The van der Waals surface area contributed by atoms with Crippen LogP contribution in [0.3, 0.4) is 0 Å². The number of hydrogen-bond donors (Lipinski definition) is 0. The van der Waals surface area contributed by atoms with E-state index in [9.17, 15) is 0 Å². The smallest absolute Gasteiger partial charge is 0.251 e. The van der Waals surface area contributed by atoms with Gasteiger partial charge in [-0.05, 0) is 0 Å². The summed E-state index contributed by atoms with van der Waals surface area (Å²) < 4.78 is 0.339. The van der Waals surface area contributed by atoms with Gasteiger partial charge in [-0.15, -0.1) is 7.05 Å². The van der Waals surface area contributed by atoms with Crippen LogP contribution in [0, 0.1) is 7.05 Å². The van der Waals surface area contributed by atoms with Gasteiger partial charge in [0, 0.05) is 28.2 Å². The normalized spacial score (nSPS) is 10.9. The summed E-state index contributed by atoms with van der Waals surface area (Å²) in [6.45, 7) is 0. The molecule has 0 aromatic heterocycles. The lowest BCUT2D eigenvalue weighted by atomic mass is 10.7. The highest BCUT2D eigenvalue weighted by molar-refractivity contribution is 5.78. The van der Waals surface area contributed by atoms with Gasteiger partial charge in [0.2, 0.25) is 0 Å². The van der Waals surface area contributed by atoms with Crippen molar-refractivity contribution < 1.29 is 4.59 Å². The van der Waals surface area contributed by atoms with Crippen LogP contribution in [0.25, 0.3) is 0 Å². The van der Waals surface area contributed by atoms with Crippen molar-refractivity contribution >= 4 is 5.96 Å². The predicted molar refractivity (Wildman–Crippen MR) is 52.3 cm³/mol. The van der Waals surface area contributed by atoms with E-state index in [4.69, 9.17) is 0 Å². The molecule has 0 unspecified atom stereocenters. The molecule has 0 heterocycles. The van der Waals surface area contributed by atoms with Gasteiger partial charge < -0.3 is 14.4 Å². The monoisotopic (exact) mass is 172 g/mol. The van der Waals surface area contributed by atoms with Crippen molar-refractivity contribution in [3.05, 3.63) is 7.05 Å². The summed E-state index contributed by atoms with van der Waals surface area (Å²) in [5, 5.41) is 4.40. The van der Waals surface area contributed by atoms with Crippen molar-refractivity contribution in [1.82, 2.24) is 9.80 Å². The van der Waals surface area contributed by atoms with E-state index in [0.717, 1.165) is 5.96 Å². The first-order valence-electron chi connectivity index (χ1n) is 3.87. The minimum Gasteiger partial charge on any atom is -0.345 e. The fourth-order valence-electron chi connectivity index (χ4n) is 0.821. The Kier molecular flexibility index (Phi) is 3.52. The Hall–Kier alpha value is -0.770. The van der Waals surface area contributed by atoms with Crippen molar-refractivity contribution in [1.29, 1.82) is 0 Å². The van der Waals surface area contributed by atoms with Crippen LogP contribution in [0.2, 0.25) is 0 Å². The Labute approximate surface area is 75.6 Å². The van der Waals surface area contributed by atoms with E-state index in [1.54, 1.807) is 0 Å². The van der Waals surface area contributed by atoms with Gasteiger partial charge in [-0.1, -0.05) is 5.10 Å². The largest absolute Gasteiger partial charge is 0.345 e. The summed E-state index contributed by atoms with van der Waals surface area (Å²) in [6, 6.07) is 0. The minimum absolute atomic E-state index is 0.339. The van der Waals surface area contributed by atoms with Crippen molar-refractivity contribution in [3.63, 3.8) is 0 Å². The van der Waals surface area contributed by atoms with E-state index in [-0.39, 0.29) is 0 Å². The summed E-state index contributed by atoms with van der Waals surface area (Å²) in [6.07, 6.45) is 0. The van der Waals surface area contributed by atoms with Crippen LogP contribution in [0.4, 0.5) is 0 Å². The van der Waals surface area contributed by atoms with E-state index in [0.29, 0.717) is 4.59 Å². The molecular formula is C8H20N4. The SMILES string of the molecule is [CH2-][N+](C)(C)N=C(N(C)C)N(C)C. The first kappa shape index (κ1) is 11.2. The lowest BCUT2D eigenvalue weighted by molar-refractivity contribution is -0.852. The molecule has 0 aliphatic carbocycles. The zero-order chi connectivity index (χ0) is 9.94. The van der Waals surface area contributed by atoms with Crippen LogP contribution in [-0.2, 0) is 0 Å². The second-order valence-corrected chi connectivity index (χ2v) is 3.81. The highest BCUT2D eigenvalue weighted by Gasteiger charge is 2.08. The predicted octanol–water partition coefficient (Wildman–Crippen LogP) is 0.249. The molecule has 0 aromatic carbocycles. The Bertz CT molecular complexity index is 154. The molecule has 0 aliphatic rings. The van der Waals surface area contributed by atoms with E-state index < -0.39 is 0 Å². The molecule has 0 spiro atoms. The van der Waals surface area contributed by atoms with Crippen LogP contribution < -0.4 is 0 Å². The molecule has 12 heavy (non-hydrogen) atoms. The van der Waals surface area contributed by atoms with E-state index >= 15 is 0 Å². The second kappa shape index (κ2) is 3.76. The second-order valence-electron chi connectivity index (χ2n) is 3.81. The number of rotatable bonds is 1. The van der Waals surface area contributed by atoms with E-state index in [2.05, 4.69) is 12.1 Å². The summed E-state index contributed by atoms with van der Waals surface area (Å²) in [4.78, 5) is 3.93. The molecule has 0 amide bonds. The Balaban J connectivity index is 4.63. The third-order valence-electron chi connectivity index (χ3n) is 1.16. The maximum absolute atomic E-state index is 4.40. The van der Waals surface area contributed by atoms with E-state index in [1.807, 2.05) is 52.1 Å². The molecule has 0 saturated carbocycles. The molecule has 0 saturated heterocycles. The fourth-order valence-corrected chi connectivity index (χ4v) is 0.821. The standard InChI is InChI=1S/C8H20N4/c1-10(2)8(11(3)4)9-12(5,6)7/h5H2,1-4,6-7H3. The summed E-state index contributed by atoms with van der Waals surface area (Å²) in [5.41, 5.74) is 0. The van der Waals surface area contributed by atoms with Crippen molar-refractivity contribution in [2.75, 3.05) is 42.3 Å². The number of nitrogens with zero attached hydrogens (tertiary/aromatic N) is 4. The zero-order valence-corrected chi connectivity index (χ0v) is 9.00. The summed E-state index contributed by atoms with van der Waals surface area (Å²) in [5.74, 6) is 0.912. The van der Waals surface area contributed by atoms with Crippen molar-refractivity contribution in [2.45, 2.75) is 0 Å². The molecule has 0 aromatic rings. The topological polar surface area (TPSA) is 18.8 Å². The molecule has 72 valence electrons. The van der Waals surface area contributed by atoms with Gasteiger partial charge in [0.1, 0.15) is 0 Å². The van der Waals surface area contributed by atoms with E-state index in [1.165, 1.54) is 0 Å². The number of quaternary nitrogens is 1. The lowest BCUT2D eigenvalue weighted by Crippen LogP contribution is -2.40. The van der Waals surface area contributed by atoms with Crippen LogP contribution in [0.5, 0.6) is 0 Å². The Morgan fingerprint density at radius 1 is 1.08 bits per heavy atom. The van der Waals surface area contributed by atoms with Gasteiger partial charge in [0.05, 0.1) is 14.1 Å². The van der Waals surface area contributed by atoms with Crippen LogP contribution in [0.1, 0.15) is 0 Å². The Morgan fingerprint density at radius 3 is 1.50 bits per heavy atom. The molecule has 0 N–H and O–H groups in total. The molecule has 0 atom stereocenters. The van der Waals surface area contributed by atoms with Gasteiger partial charge in [0.25, 0.3) is 5.96 Å². The third-order valence-corrected chi connectivity index (χ3v) is 1.16. The molecule has 0 radical (unpaired) electrons. The average Bonchev–Trinajstić information content (AvgIpc) is 1.79. The first-order chi connectivity index (χ1) is 5.24. The highest BCUT2D eigenvalue weighted by Crippen LogP contribution is 1.98.